The van der Waals surface area contributed by atoms with Crippen molar-refractivity contribution >= 4 is 23.3 Å². The molecule has 1 fully saturated rings. The van der Waals surface area contributed by atoms with Gasteiger partial charge in [0.1, 0.15) is 5.69 Å². The van der Waals surface area contributed by atoms with Gasteiger partial charge >= 0.3 is 5.97 Å². The highest BCUT2D eigenvalue weighted by Crippen LogP contribution is 2.28. The Bertz CT molecular complexity index is 734. The number of pyridine rings is 1. The first-order valence-corrected chi connectivity index (χ1v) is 6.11. The number of carboxylic acids is 1. The van der Waals surface area contributed by atoms with Crippen LogP contribution in [0.1, 0.15) is 34.8 Å². The molecule has 0 spiro atoms. The summed E-state index contributed by atoms with van der Waals surface area (Å²) in [4.78, 5) is 34.2. The van der Waals surface area contributed by atoms with E-state index in [9.17, 15) is 14.4 Å². The van der Waals surface area contributed by atoms with E-state index in [1.807, 2.05) is 0 Å². The predicted molar refractivity (Wildman–Crippen MR) is 67.3 cm³/mol. The molecule has 1 aliphatic heterocycles. The van der Waals surface area contributed by atoms with Crippen LogP contribution in [0.25, 0.3) is 5.52 Å². The van der Waals surface area contributed by atoms with Crippen molar-refractivity contribution < 1.29 is 19.5 Å². The molecular formula is C13H11N3O4. The van der Waals surface area contributed by atoms with Crippen LogP contribution in [0.2, 0.25) is 0 Å². The van der Waals surface area contributed by atoms with Crippen LogP contribution in [0.15, 0.2) is 24.4 Å². The van der Waals surface area contributed by atoms with Crippen molar-refractivity contribution in [2.75, 3.05) is 0 Å². The molecule has 0 radical (unpaired) electrons. The van der Waals surface area contributed by atoms with E-state index in [0.29, 0.717) is 17.5 Å². The van der Waals surface area contributed by atoms with Gasteiger partial charge in [0, 0.05) is 6.42 Å². The Hall–Kier alpha value is -2.70. The summed E-state index contributed by atoms with van der Waals surface area (Å²) in [5.74, 6) is -2.19. The number of aromatic carboxylic acids is 1. The van der Waals surface area contributed by atoms with Crippen molar-refractivity contribution in [2.45, 2.75) is 18.8 Å². The van der Waals surface area contributed by atoms with E-state index < -0.39 is 11.9 Å². The summed E-state index contributed by atoms with van der Waals surface area (Å²) in [6.07, 6.45) is 2.17. The van der Waals surface area contributed by atoms with Crippen LogP contribution < -0.4 is 5.32 Å². The molecule has 7 nitrogen and oxygen atoms in total. The first kappa shape index (κ1) is 12.3. The van der Waals surface area contributed by atoms with Crippen molar-refractivity contribution in [3.8, 4) is 0 Å². The number of aromatic nitrogens is 2. The topological polar surface area (TPSA) is 101 Å². The lowest BCUT2D eigenvalue weighted by Crippen LogP contribution is -2.39. The number of fused-ring (bicyclic) bond motifs is 1. The van der Waals surface area contributed by atoms with Crippen LogP contribution in [0.3, 0.4) is 0 Å². The number of nitrogens with one attached hydrogen (secondary N) is 1. The van der Waals surface area contributed by atoms with Crippen LogP contribution in [0.4, 0.5) is 0 Å². The zero-order chi connectivity index (χ0) is 14.3. The zero-order valence-corrected chi connectivity index (χ0v) is 10.4. The van der Waals surface area contributed by atoms with Gasteiger partial charge in [-0.15, -0.1) is 0 Å². The zero-order valence-electron chi connectivity index (χ0n) is 10.4. The monoisotopic (exact) mass is 273 g/mol. The summed E-state index contributed by atoms with van der Waals surface area (Å²) in [6.45, 7) is 0. The number of carboxylic acid groups (broad SMARTS) is 1. The molecule has 1 atom stereocenters. The lowest BCUT2D eigenvalue weighted by Gasteiger charge is -2.21. The Morgan fingerprint density at radius 3 is 2.85 bits per heavy atom. The summed E-state index contributed by atoms with van der Waals surface area (Å²) in [5, 5.41) is 15.4. The fourth-order valence-electron chi connectivity index (χ4n) is 2.49. The van der Waals surface area contributed by atoms with Gasteiger partial charge in [0.05, 0.1) is 17.6 Å². The number of piperidine rings is 1. The molecule has 0 aromatic carbocycles. The summed E-state index contributed by atoms with van der Waals surface area (Å²) in [7, 11) is 0. The van der Waals surface area contributed by atoms with Gasteiger partial charge in [-0.2, -0.15) is 5.10 Å². The molecule has 2 aromatic rings. The molecule has 1 aliphatic rings. The number of carbonyl (C=O) groups is 3. The minimum Gasteiger partial charge on any atom is -0.477 e. The minimum atomic E-state index is -1.09. The average molecular weight is 273 g/mol. The van der Waals surface area contributed by atoms with Crippen LogP contribution in [0, 0.1) is 0 Å². The van der Waals surface area contributed by atoms with Gasteiger partial charge in [-0.05, 0) is 24.1 Å². The quantitative estimate of drug-likeness (QED) is 0.778. The first-order chi connectivity index (χ1) is 9.58. The molecule has 0 aliphatic carbocycles. The van der Waals surface area contributed by atoms with Gasteiger partial charge in [-0.1, -0.05) is 6.07 Å². The highest BCUT2D eigenvalue weighted by molar-refractivity contribution is 6.01. The number of hydrogen-bond acceptors (Lipinski definition) is 4. The molecule has 2 aromatic heterocycles. The predicted octanol–water partition coefficient (Wildman–Crippen LogP) is 0.553. The Morgan fingerprint density at radius 2 is 2.15 bits per heavy atom. The van der Waals surface area contributed by atoms with E-state index in [4.69, 9.17) is 5.11 Å². The van der Waals surface area contributed by atoms with Crippen molar-refractivity contribution in [1.82, 2.24) is 14.9 Å². The maximum absolute atomic E-state index is 11.9. The summed E-state index contributed by atoms with van der Waals surface area (Å²) in [6, 6.07) is 4.69. The standard InChI is InChI=1S/C13H11N3O4/c17-11-4-2-8(12(18)15-11)7-1-3-10(13(19)20)16-9(7)5-6-14-16/h1,3,5-6,8H,2,4H2,(H,19,20)(H,15,17,18). The van der Waals surface area contributed by atoms with Crippen molar-refractivity contribution in [1.29, 1.82) is 0 Å². The number of rotatable bonds is 2. The average Bonchev–Trinajstić information content (AvgIpc) is 2.87. The maximum atomic E-state index is 11.9. The Labute approximate surface area is 113 Å². The van der Waals surface area contributed by atoms with Gasteiger partial charge in [-0.25, -0.2) is 9.31 Å². The first-order valence-electron chi connectivity index (χ1n) is 6.11. The van der Waals surface area contributed by atoms with E-state index in [-0.39, 0.29) is 23.9 Å². The minimum absolute atomic E-state index is 0.0287. The molecule has 1 unspecified atom stereocenters. The molecule has 0 bridgehead atoms. The second-order valence-corrected chi connectivity index (χ2v) is 4.61. The van der Waals surface area contributed by atoms with Crippen molar-refractivity contribution in [3.63, 3.8) is 0 Å². The number of amides is 2. The van der Waals surface area contributed by atoms with Crippen LogP contribution in [-0.4, -0.2) is 32.5 Å². The molecule has 3 heterocycles. The molecule has 0 saturated carbocycles. The van der Waals surface area contributed by atoms with E-state index >= 15 is 0 Å². The smallest absolute Gasteiger partial charge is 0.354 e. The molecule has 7 heteroatoms. The molecule has 2 N–H and O–H groups in total. The van der Waals surface area contributed by atoms with E-state index in [1.54, 1.807) is 12.1 Å². The SMILES string of the molecule is O=C1CCC(c2ccc(C(=O)O)n3nccc23)C(=O)N1. The molecule has 3 rings (SSSR count). The third-order valence-electron chi connectivity index (χ3n) is 3.42. The van der Waals surface area contributed by atoms with Gasteiger partial charge in [-0.3, -0.25) is 14.9 Å². The van der Waals surface area contributed by atoms with Crippen LogP contribution >= 0.6 is 0 Å². The highest BCUT2D eigenvalue weighted by atomic mass is 16.4. The third kappa shape index (κ3) is 1.83. The van der Waals surface area contributed by atoms with Gasteiger partial charge in [0.15, 0.2) is 0 Å². The molecular weight excluding hydrogens is 262 g/mol. The van der Waals surface area contributed by atoms with Gasteiger partial charge in [0.25, 0.3) is 0 Å². The Morgan fingerprint density at radius 1 is 1.35 bits per heavy atom. The van der Waals surface area contributed by atoms with Crippen LogP contribution in [-0.2, 0) is 9.59 Å². The lowest BCUT2D eigenvalue weighted by molar-refractivity contribution is -0.134. The van der Waals surface area contributed by atoms with Gasteiger partial charge < -0.3 is 5.11 Å². The summed E-state index contributed by atoms with van der Waals surface area (Å²) in [5.41, 5.74) is 1.28. The molecule has 1 saturated heterocycles. The van der Waals surface area contributed by atoms with Gasteiger partial charge in [0.2, 0.25) is 11.8 Å². The number of carbonyl (C=O) groups excluding carboxylic acids is 2. The lowest BCUT2D eigenvalue weighted by atomic mass is 9.90. The summed E-state index contributed by atoms with van der Waals surface area (Å²) >= 11 is 0. The number of imide groups is 1. The molecule has 20 heavy (non-hydrogen) atoms. The number of hydrogen-bond donors (Lipinski definition) is 2. The molecule has 2 amide bonds. The van der Waals surface area contributed by atoms with Crippen molar-refractivity contribution in [2.24, 2.45) is 0 Å². The van der Waals surface area contributed by atoms with E-state index in [0.717, 1.165) is 0 Å². The normalized spacial score (nSPS) is 19.1. The van der Waals surface area contributed by atoms with E-state index in [1.165, 1.54) is 16.8 Å². The van der Waals surface area contributed by atoms with E-state index in [2.05, 4.69) is 10.4 Å². The third-order valence-corrected chi connectivity index (χ3v) is 3.42. The highest BCUT2D eigenvalue weighted by Gasteiger charge is 2.30. The number of nitrogens with zero attached hydrogens (tertiary/aromatic N) is 2. The Balaban J connectivity index is 2.11. The summed E-state index contributed by atoms with van der Waals surface area (Å²) < 4.78 is 1.29. The maximum Gasteiger partial charge on any atom is 0.354 e. The second kappa shape index (κ2) is 4.44. The van der Waals surface area contributed by atoms with Crippen molar-refractivity contribution in [3.05, 3.63) is 35.7 Å². The fourth-order valence-corrected chi connectivity index (χ4v) is 2.49. The van der Waals surface area contributed by atoms with Crippen LogP contribution in [0.5, 0.6) is 0 Å². The molecule has 102 valence electrons. The largest absolute Gasteiger partial charge is 0.477 e. The second-order valence-electron chi connectivity index (χ2n) is 4.61. The fraction of sp³-hybridized carbons (Fsp3) is 0.231. The Kier molecular flexibility index (Phi) is 2.74.